The summed E-state index contributed by atoms with van der Waals surface area (Å²) >= 11 is 1.71. The molecule has 0 radical (unpaired) electrons. The molecule has 5 rings (SSSR count). The van der Waals surface area contributed by atoms with E-state index in [9.17, 15) is 0 Å². The van der Waals surface area contributed by atoms with E-state index < -0.39 is 0 Å². The first kappa shape index (κ1) is 16.7. The molecule has 0 aliphatic carbocycles. The fourth-order valence-corrected chi connectivity index (χ4v) is 4.08. The summed E-state index contributed by atoms with van der Waals surface area (Å²) in [4.78, 5) is 4.84. The molecule has 0 amide bonds. The maximum absolute atomic E-state index is 5.84. The number of para-hydroxylation sites is 1. The molecule has 28 heavy (non-hydrogen) atoms. The molecule has 3 heteroatoms. The van der Waals surface area contributed by atoms with Gasteiger partial charge in [-0.05, 0) is 47.4 Å². The van der Waals surface area contributed by atoms with Gasteiger partial charge in [0.2, 0.25) is 0 Å². The van der Waals surface area contributed by atoms with Crippen molar-refractivity contribution in [3.05, 3.63) is 102 Å². The first-order chi connectivity index (χ1) is 13.8. The Morgan fingerprint density at radius 3 is 2.29 bits per heavy atom. The van der Waals surface area contributed by atoms with Crippen molar-refractivity contribution in [2.75, 3.05) is 0 Å². The van der Waals surface area contributed by atoms with Crippen LogP contribution in [0.3, 0.4) is 0 Å². The second-order valence-corrected chi connectivity index (χ2v) is 7.57. The molecule has 0 saturated carbocycles. The summed E-state index contributed by atoms with van der Waals surface area (Å²) in [6, 6.07) is 30.6. The summed E-state index contributed by atoms with van der Waals surface area (Å²) in [5.74, 6) is 1.67. The average molecular weight is 379 g/mol. The van der Waals surface area contributed by atoms with Crippen LogP contribution in [-0.2, 0) is 0 Å². The van der Waals surface area contributed by atoms with E-state index in [0.717, 1.165) is 27.6 Å². The molecule has 0 N–H and O–H groups in total. The molecule has 0 atom stereocenters. The molecule has 0 aliphatic rings. The Balaban J connectivity index is 1.37. The minimum Gasteiger partial charge on any atom is -0.457 e. The van der Waals surface area contributed by atoms with E-state index >= 15 is 0 Å². The van der Waals surface area contributed by atoms with E-state index in [1.165, 1.54) is 15.5 Å². The first-order valence-corrected chi connectivity index (χ1v) is 9.96. The summed E-state index contributed by atoms with van der Waals surface area (Å²) in [5, 5.41) is 3.44. The van der Waals surface area contributed by atoms with Gasteiger partial charge in [-0.15, -0.1) is 11.3 Å². The van der Waals surface area contributed by atoms with Crippen molar-refractivity contribution in [1.82, 2.24) is 4.98 Å². The van der Waals surface area contributed by atoms with Crippen LogP contribution in [0.5, 0.6) is 11.5 Å². The normalized spacial score (nSPS) is 11.4. The molecule has 0 bridgehead atoms. The van der Waals surface area contributed by atoms with E-state index in [1.54, 1.807) is 11.3 Å². The lowest BCUT2D eigenvalue weighted by Gasteiger charge is -2.05. The van der Waals surface area contributed by atoms with Crippen LogP contribution in [0, 0.1) is 0 Å². The summed E-state index contributed by atoms with van der Waals surface area (Å²) < 4.78 is 7.06. The third-order valence-corrected chi connectivity index (χ3v) is 5.56. The number of thiazole rings is 1. The molecular formula is C25H17NOS. The lowest BCUT2D eigenvalue weighted by molar-refractivity contribution is 0.482. The Hall–Kier alpha value is -3.43. The molecule has 0 spiro atoms. The largest absolute Gasteiger partial charge is 0.457 e. The van der Waals surface area contributed by atoms with Crippen molar-refractivity contribution in [3.8, 4) is 11.5 Å². The predicted molar refractivity (Wildman–Crippen MR) is 119 cm³/mol. The van der Waals surface area contributed by atoms with Crippen LogP contribution >= 0.6 is 11.3 Å². The molecule has 0 fully saturated rings. The van der Waals surface area contributed by atoms with E-state index in [0.29, 0.717) is 0 Å². The van der Waals surface area contributed by atoms with Crippen LogP contribution in [0.2, 0.25) is 0 Å². The van der Waals surface area contributed by atoms with Gasteiger partial charge in [-0.3, -0.25) is 0 Å². The molecule has 0 aliphatic heterocycles. The quantitative estimate of drug-likeness (QED) is 0.324. The van der Waals surface area contributed by atoms with Gasteiger partial charge in [-0.1, -0.05) is 66.7 Å². The third-order valence-electron chi connectivity index (χ3n) is 4.58. The predicted octanol–water partition coefficient (Wildman–Crippen LogP) is 7.41. The van der Waals surface area contributed by atoms with Crippen molar-refractivity contribution >= 4 is 44.5 Å². The zero-order chi connectivity index (χ0) is 18.8. The highest BCUT2D eigenvalue weighted by Crippen LogP contribution is 2.30. The van der Waals surface area contributed by atoms with Crippen molar-refractivity contribution in [1.29, 1.82) is 0 Å². The lowest BCUT2D eigenvalue weighted by atomic mass is 10.1. The summed E-state index contributed by atoms with van der Waals surface area (Å²) in [7, 11) is 0. The second-order valence-electron chi connectivity index (χ2n) is 6.50. The molecule has 0 unspecified atom stereocenters. The van der Waals surface area contributed by atoms with Gasteiger partial charge in [0.05, 0.1) is 10.2 Å². The molecule has 1 heterocycles. The van der Waals surface area contributed by atoms with Crippen LogP contribution in [0.15, 0.2) is 91.0 Å². The summed E-state index contributed by atoms with van der Waals surface area (Å²) in [6.07, 6.45) is 4.17. The smallest absolute Gasteiger partial charge is 0.127 e. The Bertz CT molecular complexity index is 1270. The molecule has 4 aromatic carbocycles. The van der Waals surface area contributed by atoms with Gasteiger partial charge >= 0.3 is 0 Å². The van der Waals surface area contributed by atoms with Crippen molar-refractivity contribution < 1.29 is 4.74 Å². The van der Waals surface area contributed by atoms with Gasteiger partial charge in [-0.2, -0.15) is 0 Å². The Morgan fingerprint density at radius 2 is 1.43 bits per heavy atom. The molecule has 1 aromatic heterocycles. The standard InChI is InChI=1S/C25H17NOS/c1-2-7-20(8-3-1)27-21-14-10-18(11-15-21)12-17-24-26-25-22-9-5-4-6-19(22)13-16-23(25)28-24/h1-17H/b17-12+. The van der Waals surface area contributed by atoms with Crippen molar-refractivity contribution in [3.63, 3.8) is 0 Å². The summed E-state index contributed by atoms with van der Waals surface area (Å²) in [5.41, 5.74) is 2.19. The average Bonchev–Trinajstić information content (AvgIpc) is 3.18. The van der Waals surface area contributed by atoms with Crippen LogP contribution in [0.4, 0.5) is 0 Å². The minimum absolute atomic E-state index is 0.829. The maximum Gasteiger partial charge on any atom is 0.127 e. The minimum atomic E-state index is 0.829. The monoisotopic (exact) mass is 379 g/mol. The van der Waals surface area contributed by atoms with Crippen molar-refractivity contribution in [2.24, 2.45) is 0 Å². The molecule has 5 aromatic rings. The van der Waals surface area contributed by atoms with Gasteiger partial charge < -0.3 is 4.74 Å². The van der Waals surface area contributed by atoms with Gasteiger partial charge in [0, 0.05) is 5.39 Å². The number of ether oxygens (including phenoxy) is 1. The SMILES string of the molecule is C(=C\c1nc2c(ccc3ccccc32)s1)/c1ccc(Oc2ccccc2)cc1. The van der Waals surface area contributed by atoms with E-state index in [-0.39, 0.29) is 0 Å². The lowest BCUT2D eigenvalue weighted by Crippen LogP contribution is -1.83. The van der Waals surface area contributed by atoms with Crippen LogP contribution in [0.1, 0.15) is 10.6 Å². The van der Waals surface area contributed by atoms with Gasteiger partial charge in [0.25, 0.3) is 0 Å². The first-order valence-electron chi connectivity index (χ1n) is 9.14. The second kappa shape index (κ2) is 7.29. The van der Waals surface area contributed by atoms with E-state index in [2.05, 4.69) is 60.7 Å². The maximum atomic E-state index is 5.84. The zero-order valence-corrected chi connectivity index (χ0v) is 15.9. The number of rotatable bonds is 4. The number of fused-ring (bicyclic) bond motifs is 3. The van der Waals surface area contributed by atoms with E-state index in [4.69, 9.17) is 9.72 Å². The Morgan fingerprint density at radius 1 is 0.679 bits per heavy atom. The zero-order valence-electron chi connectivity index (χ0n) is 15.1. The highest BCUT2D eigenvalue weighted by atomic mass is 32.1. The Labute approximate surface area is 167 Å². The van der Waals surface area contributed by atoms with E-state index in [1.807, 2.05) is 42.5 Å². The number of benzene rings is 4. The highest BCUT2D eigenvalue weighted by Gasteiger charge is 2.05. The highest BCUT2D eigenvalue weighted by molar-refractivity contribution is 7.19. The van der Waals surface area contributed by atoms with Gasteiger partial charge in [0.15, 0.2) is 0 Å². The van der Waals surface area contributed by atoms with Gasteiger partial charge in [-0.25, -0.2) is 4.98 Å². The van der Waals surface area contributed by atoms with Crippen molar-refractivity contribution in [2.45, 2.75) is 0 Å². The third kappa shape index (κ3) is 3.40. The van der Waals surface area contributed by atoms with Crippen LogP contribution in [-0.4, -0.2) is 4.98 Å². The van der Waals surface area contributed by atoms with Crippen LogP contribution < -0.4 is 4.74 Å². The fourth-order valence-electron chi connectivity index (χ4n) is 3.19. The molecule has 0 saturated heterocycles. The number of hydrogen-bond donors (Lipinski definition) is 0. The summed E-state index contributed by atoms with van der Waals surface area (Å²) in [6.45, 7) is 0. The molecular weight excluding hydrogens is 362 g/mol. The fraction of sp³-hybridized carbons (Fsp3) is 0. The van der Waals surface area contributed by atoms with Gasteiger partial charge in [0.1, 0.15) is 16.5 Å². The number of hydrogen-bond acceptors (Lipinski definition) is 3. The van der Waals surface area contributed by atoms with Crippen LogP contribution in [0.25, 0.3) is 33.1 Å². The number of nitrogens with zero attached hydrogens (tertiary/aromatic N) is 1. The molecule has 2 nitrogen and oxygen atoms in total. The Kier molecular flexibility index (Phi) is 4.36. The number of aromatic nitrogens is 1. The molecule has 134 valence electrons. The topological polar surface area (TPSA) is 22.1 Å².